The Bertz CT molecular complexity index is 1160. The lowest BCUT2D eigenvalue weighted by atomic mass is 10.1. The van der Waals surface area contributed by atoms with Crippen LogP contribution in [0.1, 0.15) is 43.1 Å². The fraction of sp³-hybridized carbons (Fsp3) is 0.360. The van der Waals surface area contributed by atoms with Gasteiger partial charge in [0.2, 0.25) is 0 Å². The van der Waals surface area contributed by atoms with E-state index >= 15 is 0 Å². The van der Waals surface area contributed by atoms with Crippen molar-refractivity contribution < 1.29 is 22.7 Å². The molecule has 2 aromatic carbocycles. The molecule has 0 spiro atoms. The van der Waals surface area contributed by atoms with Gasteiger partial charge in [-0.05, 0) is 49.4 Å². The third-order valence-corrected chi connectivity index (χ3v) is 5.57. The molecule has 0 saturated carbocycles. The number of anilines is 1. The predicted molar refractivity (Wildman–Crippen MR) is 131 cm³/mol. The Morgan fingerprint density at radius 2 is 1.94 bits per heavy atom. The summed E-state index contributed by atoms with van der Waals surface area (Å²) < 4.78 is 47.0. The Labute approximate surface area is 207 Å². The average Bonchev–Trinajstić information content (AvgIpc) is 3.14. The molecule has 0 radical (unpaired) electrons. The van der Waals surface area contributed by atoms with Gasteiger partial charge in [-0.15, -0.1) is 0 Å². The maximum absolute atomic E-state index is 13.1. The number of nitrogens with zero attached hydrogens (tertiary/aromatic N) is 2. The summed E-state index contributed by atoms with van der Waals surface area (Å²) in [5.74, 6) is 0.0167. The van der Waals surface area contributed by atoms with Crippen LogP contribution < -0.4 is 15.4 Å². The van der Waals surface area contributed by atoms with Crippen molar-refractivity contribution in [3.05, 3.63) is 64.8 Å². The second-order valence-electron chi connectivity index (χ2n) is 8.44. The number of aromatic nitrogens is 2. The number of nitrogens with one attached hydrogen (secondary N) is 2. The topological polar surface area (TPSA) is 68.2 Å². The lowest BCUT2D eigenvalue weighted by Crippen LogP contribution is -2.39. The lowest BCUT2D eigenvalue weighted by Gasteiger charge is -2.25. The van der Waals surface area contributed by atoms with Crippen LogP contribution in [-0.2, 0) is 13.2 Å². The third-order valence-electron chi connectivity index (χ3n) is 5.29. The molecular formula is C25H28ClF3N4O2. The summed E-state index contributed by atoms with van der Waals surface area (Å²) in [5.41, 5.74) is 0.532. The van der Waals surface area contributed by atoms with E-state index in [0.717, 1.165) is 25.1 Å². The summed E-state index contributed by atoms with van der Waals surface area (Å²) in [6.45, 7) is 6.91. The molecule has 1 heterocycles. The van der Waals surface area contributed by atoms with Crippen LogP contribution in [0.4, 0.5) is 18.9 Å². The smallest absolute Gasteiger partial charge is 0.416 e. The summed E-state index contributed by atoms with van der Waals surface area (Å²) in [6.07, 6.45) is -2.37. The van der Waals surface area contributed by atoms with Crippen molar-refractivity contribution in [3.63, 3.8) is 0 Å². The monoisotopic (exact) mass is 508 g/mol. The molecule has 10 heteroatoms. The zero-order valence-electron chi connectivity index (χ0n) is 19.9. The standard InChI is InChI=1S/C25H28ClF3N4O2/c1-5-11-30-24(15(2)3)35-21-10-9-18(13-19(21)22-20(26)14-31-33(22)4)32-23(34)16-7-6-8-17(12-16)25(27,28)29/h6-10,12-15,24,30H,5,11H2,1-4H3,(H,32,34). The van der Waals surface area contributed by atoms with E-state index in [0.29, 0.717) is 27.7 Å². The molecule has 0 aliphatic heterocycles. The highest BCUT2D eigenvalue weighted by atomic mass is 35.5. The zero-order valence-corrected chi connectivity index (χ0v) is 20.7. The van der Waals surface area contributed by atoms with Crippen molar-refractivity contribution in [1.82, 2.24) is 15.1 Å². The molecule has 1 atom stereocenters. The third kappa shape index (κ3) is 6.55. The molecule has 0 saturated heterocycles. The average molecular weight is 509 g/mol. The molecule has 35 heavy (non-hydrogen) atoms. The Hall–Kier alpha value is -3.04. The lowest BCUT2D eigenvalue weighted by molar-refractivity contribution is -0.137. The quantitative estimate of drug-likeness (QED) is 0.329. The second-order valence-corrected chi connectivity index (χ2v) is 8.85. The van der Waals surface area contributed by atoms with Crippen molar-refractivity contribution in [3.8, 4) is 17.0 Å². The van der Waals surface area contributed by atoms with Crippen LogP contribution in [0, 0.1) is 5.92 Å². The summed E-state index contributed by atoms with van der Waals surface area (Å²) in [6, 6.07) is 9.26. The minimum atomic E-state index is -4.54. The molecule has 6 nitrogen and oxygen atoms in total. The SMILES string of the molecule is CCCNC(Oc1ccc(NC(=O)c2cccc(C(F)(F)F)c2)cc1-c1c(Cl)cnn1C)C(C)C. The van der Waals surface area contributed by atoms with Gasteiger partial charge in [-0.3, -0.25) is 14.8 Å². The summed E-state index contributed by atoms with van der Waals surface area (Å²) in [5, 5.41) is 10.6. The predicted octanol–water partition coefficient (Wildman–Crippen LogP) is 6.37. The number of rotatable bonds is 9. The van der Waals surface area contributed by atoms with Gasteiger partial charge in [0.05, 0.1) is 22.5 Å². The van der Waals surface area contributed by atoms with Gasteiger partial charge in [0.1, 0.15) is 5.75 Å². The Morgan fingerprint density at radius 3 is 2.54 bits per heavy atom. The van der Waals surface area contributed by atoms with E-state index < -0.39 is 17.6 Å². The van der Waals surface area contributed by atoms with E-state index in [-0.39, 0.29) is 17.7 Å². The first-order chi connectivity index (χ1) is 16.5. The molecule has 1 amide bonds. The fourth-order valence-corrected chi connectivity index (χ4v) is 3.75. The minimum Gasteiger partial charge on any atom is -0.474 e. The molecule has 1 unspecified atom stereocenters. The van der Waals surface area contributed by atoms with Crippen LogP contribution in [0.2, 0.25) is 5.02 Å². The Kier molecular flexibility index (Phi) is 8.45. The first-order valence-electron chi connectivity index (χ1n) is 11.2. The molecule has 0 aliphatic carbocycles. The highest BCUT2D eigenvalue weighted by Crippen LogP contribution is 2.37. The molecule has 188 valence electrons. The molecule has 0 fully saturated rings. The van der Waals surface area contributed by atoms with Gasteiger partial charge in [-0.1, -0.05) is 38.4 Å². The van der Waals surface area contributed by atoms with Crippen LogP contribution in [0.15, 0.2) is 48.7 Å². The van der Waals surface area contributed by atoms with Crippen LogP contribution in [0.3, 0.4) is 0 Å². The van der Waals surface area contributed by atoms with Crippen LogP contribution >= 0.6 is 11.6 Å². The van der Waals surface area contributed by atoms with Gasteiger partial charge in [-0.25, -0.2) is 0 Å². The number of halogens is 4. The minimum absolute atomic E-state index is 0.107. The van der Waals surface area contributed by atoms with E-state index in [9.17, 15) is 18.0 Å². The van der Waals surface area contributed by atoms with Crippen LogP contribution in [-0.4, -0.2) is 28.5 Å². The largest absolute Gasteiger partial charge is 0.474 e. The molecule has 3 rings (SSSR count). The van der Waals surface area contributed by atoms with E-state index in [1.54, 1.807) is 29.9 Å². The normalized spacial score (nSPS) is 12.6. The van der Waals surface area contributed by atoms with E-state index in [1.807, 2.05) is 13.8 Å². The molecule has 1 aromatic heterocycles. The number of alkyl halides is 3. The maximum Gasteiger partial charge on any atom is 0.416 e. The van der Waals surface area contributed by atoms with E-state index in [1.165, 1.54) is 18.3 Å². The fourth-order valence-electron chi connectivity index (χ4n) is 3.49. The number of benzene rings is 2. The molecular weight excluding hydrogens is 481 g/mol. The first-order valence-corrected chi connectivity index (χ1v) is 11.6. The number of aryl methyl sites for hydroxylation is 1. The van der Waals surface area contributed by atoms with Gasteiger partial charge in [0.15, 0.2) is 6.23 Å². The van der Waals surface area contributed by atoms with Crippen molar-refractivity contribution in [2.45, 2.75) is 39.6 Å². The highest BCUT2D eigenvalue weighted by Gasteiger charge is 2.31. The maximum atomic E-state index is 13.1. The molecule has 3 aromatic rings. The Balaban J connectivity index is 1.96. The number of amides is 1. The van der Waals surface area contributed by atoms with E-state index in [2.05, 4.69) is 22.7 Å². The number of ether oxygens (including phenoxy) is 1. The van der Waals surface area contributed by atoms with Gasteiger partial charge in [-0.2, -0.15) is 18.3 Å². The number of carbonyl (C=O) groups is 1. The van der Waals surface area contributed by atoms with Crippen molar-refractivity contribution >= 4 is 23.2 Å². The van der Waals surface area contributed by atoms with Crippen molar-refractivity contribution in [2.75, 3.05) is 11.9 Å². The first kappa shape index (κ1) is 26.6. The molecule has 0 bridgehead atoms. The number of hydrogen-bond acceptors (Lipinski definition) is 4. The van der Waals surface area contributed by atoms with Gasteiger partial charge < -0.3 is 10.1 Å². The summed E-state index contributed by atoms with van der Waals surface area (Å²) in [4.78, 5) is 12.7. The van der Waals surface area contributed by atoms with Crippen LogP contribution in [0.5, 0.6) is 5.75 Å². The summed E-state index contributed by atoms with van der Waals surface area (Å²) >= 11 is 6.40. The van der Waals surface area contributed by atoms with Crippen molar-refractivity contribution in [1.29, 1.82) is 0 Å². The van der Waals surface area contributed by atoms with Crippen LogP contribution in [0.25, 0.3) is 11.3 Å². The van der Waals surface area contributed by atoms with Gasteiger partial charge in [0, 0.05) is 29.8 Å². The molecule has 0 aliphatic rings. The van der Waals surface area contributed by atoms with Gasteiger partial charge in [0.25, 0.3) is 5.91 Å². The zero-order chi connectivity index (χ0) is 25.8. The number of hydrogen-bond donors (Lipinski definition) is 2. The van der Waals surface area contributed by atoms with Gasteiger partial charge >= 0.3 is 6.18 Å². The van der Waals surface area contributed by atoms with E-state index in [4.69, 9.17) is 16.3 Å². The van der Waals surface area contributed by atoms with Crippen molar-refractivity contribution in [2.24, 2.45) is 13.0 Å². The second kappa shape index (κ2) is 11.1. The number of carbonyl (C=O) groups excluding carboxylic acids is 1. The Morgan fingerprint density at radius 1 is 1.20 bits per heavy atom. The highest BCUT2D eigenvalue weighted by molar-refractivity contribution is 6.33. The summed E-state index contributed by atoms with van der Waals surface area (Å²) in [7, 11) is 1.73. The molecule has 2 N–H and O–H groups in total.